The van der Waals surface area contributed by atoms with Gasteiger partial charge in [-0.05, 0) is 45.9 Å². The summed E-state index contributed by atoms with van der Waals surface area (Å²) in [6.45, 7) is 11.3. The summed E-state index contributed by atoms with van der Waals surface area (Å²) in [6, 6.07) is 0. The minimum atomic E-state index is 0.872. The van der Waals surface area contributed by atoms with Crippen LogP contribution in [0.1, 0.15) is 12.8 Å². The summed E-state index contributed by atoms with van der Waals surface area (Å²) in [5.74, 6) is 0.872. The van der Waals surface area contributed by atoms with Crippen LogP contribution in [0.4, 0.5) is 0 Å². The first-order valence-electron chi connectivity index (χ1n) is 7.56. The van der Waals surface area contributed by atoms with Crippen molar-refractivity contribution in [2.24, 2.45) is 5.92 Å². The van der Waals surface area contributed by atoms with Gasteiger partial charge in [0.15, 0.2) is 0 Å². The van der Waals surface area contributed by atoms with Gasteiger partial charge in [-0.3, -0.25) is 4.90 Å². The van der Waals surface area contributed by atoms with Crippen molar-refractivity contribution in [2.45, 2.75) is 12.8 Å². The summed E-state index contributed by atoms with van der Waals surface area (Å²) in [4.78, 5) is 7.73. The third-order valence-electron chi connectivity index (χ3n) is 4.42. The van der Waals surface area contributed by atoms with Crippen LogP contribution in [0.2, 0.25) is 0 Å². The van der Waals surface area contributed by atoms with Crippen molar-refractivity contribution in [3.63, 3.8) is 0 Å². The van der Waals surface area contributed by atoms with Crippen LogP contribution in [-0.4, -0.2) is 87.7 Å². The molecule has 2 heterocycles. The topological polar surface area (TPSA) is 21.8 Å². The van der Waals surface area contributed by atoms with Crippen molar-refractivity contribution < 1.29 is 0 Å². The Kier molecular flexibility index (Phi) is 5.89. The normalized spacial score (nSPS) is 28.7. The summed E-state index contributed by atoms with van der Waals surface area (Å²) >= 11 is 0. The Labute approximate surface area is 112 Å². The second-order valence-electron chi connectivity index (χ2n) is 6.01. The number of likely N-dealkylation sites (N-methyl/N-ethyl adjacent to an activating group) is 1. The highest BCUT2D eigenvalue weighted by molar-refractivity contribution is 4.76. The molecule has 2 rings (SSSR count). The van der Waals surface area contributed by atoms with Gasteiger partial charge in [-0.1, -0.05) is 0 Å². The van der Waals surface area contributed by atoms with Crippen LogP contribution < -0.4 is 5.32 Å². The molecule has 0 aromatic rings. The third-order valence-corrected chi connectivity index (χ3v) is 4.42. The van der Waals surface area contributed by atoms with Gasteiger partial charge in [0, 0.05) is 45.8 Å². The fourth-order valence-corrected chi connectivity index (χ4v) is 3.16. The average molecular weight is 254 g/mol. The lowest BCUT2D eigenvalue weighted by molar-refractivity contribution is 0.116. The Morgan fingerprint density at radius 1 is 1.00 bits per heavy atom. The van der Waals surface area contributed by atoms with Crippen LogP contribution in [0, 0.1) is 5.92 Å². The maximum atomic E-state index is 3.33. The van der Waals surface area contributed by atoms with E-state index in [1.165, 1.54) is 71.7 Å². The first-order chi connectivity index (χ1) is 8.78. The van der Waals surface area contributed by atoms with Gasteiger partial charge in [0.1, 0.15) is 0 Å². The van der Waals surface area contributed by atoms with Gasteiger partial charge in [0.25, 0.3) is 0 Å². The van der Waals surface area contributed by atoms with E-state index in [9.17, 15) is 0 Å². The minimum Gasteiger partial charge on any atom is -0.319 e. The van der Waals surface area contributed by atoms with Crippen LogP contribution in [-0.2, 0) is 0 Å². The molecule has 106 valence electrons. The smallest absolute Gasteiger partial charge is 0.0110 e. The number of nitrogens with zero attached hydrogens (tertiary/aromatic N) is 3. The van der Waals surface area contributed by atoms with Crippen LogP contribution in [0.3, 0.4) is 0 Å². The fraction of sp³-hybridized carbons (Fsp3) is 1.00. The molecule has 1 unspecified atom stereocenters. The summed E-state index contributed by atoms with van der Waals surface area (Å²) in [7, 11) is 4.30. The van der Waals surface area contributed by atoms with Crippen LogP contribution >= 0.6 is 0 Å². The van der Waals surface area contributed by atoms with Crippen LogP contribution in [0.25, 0.3) is 0 Å². The summed E-state index contributed by atoms with van der Waals surface area (Å²) in [5.41, 5.74) is 0. The quantitative estimate of drug-likeness (QED) is 0.755. The predicted molar refractivity (Wildman–Crippen MR) is 77.0 cm³/mol. The van der Waals surface area contributed by atoms with Crippen molar-refractivity contribution in [3.05, 3.63) is 0 Å². The van der Waals surface area contributed by atoms with Gasteiger partial charge in [-0.2, -0.15) is 0 Å². The highest BCUT2D eigenvalue weighted by Crippen LogP contribution is 2.15. The van der Waals surface area contributed by atoms with Gasteiger partial charge in [0.2, 0.25) is 0 Å². The van der Waals surface area contributed by atoms with Gasteiger partial charge in [-0.15, -0.1) is 0 Å². The molecule has 0 aliphatic carbocycles. The van der Waals surface area contributed by atoms with E-state index in [0.717, 1.165) is 5.92 Å². The first-order valence-corrected chi connectivity index (χ1v) is 7.56. The van der Waals surface area contributed by atoms with E-state index < -0.39 is 0 Å². The van der Waals surface area contributed by atoms with Crippen molar-refractivity contribution in [1.82, 2.24) is 20.0 Å². The molecule has 0 amide bonds. The van der Waals surface area contributed by atoms with Gasteiger partial charge in [0.05, 0.1) is 0 Å². The summed E-state index contributed by atoms with van der Waals surface area (Å²) < 4.78 is 0. The average Bonchev–Trinajstić information content (AvgIpc) is 2.39. The van der Waals surface area contributed by atoms with E-state index in [1.54, 1.807) is 0 Å². The van der Waals surface area contributed by atoms with Gasteiger partial charge >= 0.3 is 0 Å². The zero-order valence-corrected chi connectivity index (χ0v) is 12.2. The number of hydrogen-bond acceptors (Lipinski definition) is 4. The molecule has 0 aromatic heterocycles. The zero-order chi connectivity index (χ0) is 12.8. The molecule has 0 aromatic carbocycles. The Morgan fingerprint density at radius 3 is 2.44 bits per heavy atom. The lowest BCUT2D eigenvalue weighted by Gasteiger charge is -2.36. The van der Waals surface area contributed by atoms with Crippen LogP contribution in [0.5, 0.6) is 0 Å². The zero-order valence-electron chi connectivity index (χ0n) is 12.2. The molecule has 0 saturated carbocycles. The summed E-state index contributed by atoms with van der Waals surface area (Å²) in [5, 5.41) is 3.33. The van der Waals surface area contributed by atoms with Crippen LogP contribution in [0.15, 0.2) is 0 Å². The van der Waals surface area contributed by atoms with E-state index in [2.05, 4.69) is 34.1 Å². The number of likely N-dealkylation sites (tertiary alicyclic amines) is 1. The van der Waals surface area contributed by atoms with Crippen molar-refractivity contribution in [3.8, 4) is 0 Å². The number of piperidine rings is 1. The predicted octanol–water partition coefficient (Wildman–Crippen LogP) is 0.165. The third kappa shape index (κ3) is 4.50. The molecule has 0 bridgehead atoms. The van der Waals surface area contributed by atoms with Crippen molar-refractivity contribution in [1.29, 1.82) is 0 Å². The Balaban J connectivity index is 1.63. The molecule has 18 heavy (non-hydrogen) atoms. The number of piperazine rings is 1. The fourth-order valence-electron chi connectivity index (χ4n) is 3.16. The molecule has 1 atom stereocenters. The van der Waals surface area contributed by atoms with E-state index in [0.29, 0.717) is 0 Å². The van der Waals surface area contributed by atoms with Crippen molar-refractivity contribution >= 4 is 0 Å². The number of hydrogen-bond donors (Lipinski definition) is 1. The summed E-state index contributed by atoms with van der Waals surface area (Å²) in [6.07, 6.45) is 2.79. The van der Waals surface area contributed by atoms with E-state index >= 15 is 0 Å². The van der Waals surface area contributed by atoms with Gasteiger partial charge < -0.3 is 15.1 Å². The molecular formula is C14H30N4. The van der Waals surface area contributed by atoms with E-state index in [4.69, 9.17) is 0 Å². The molecule has 2 aliphatic heterocycles. The number of rotatable bonds is 5. The second-order valence-corrected chi connectivity index (χ2v) is 6.01. The molecule has 4 heteroatoms. The molecule has 2 fully saturated rings. The monoisotopic (exact) mass is 254 g/mol. The van der Waals surface area contributed by atoms with Crippen molar-refractivity contribution in [2.75, 3.05) is 73.0 Å². The molecular weight excluding hydrogens is 224 g/mol. The Bertz CT molecular complexity index is 224. The highest BCUT2D eigenvalue weighted by atomic mass is 15.3. The van der Waals surface area contributed by atoms with E-state index in [1.807, 2.05) is 0 Å². The maximum Gasteiger partial charge on any atom is 0.0110 e. The lowest BCUT2D eigenvalue weighted by Crippen LogP contribution is -2.48. The highest BCUT2D eigenvalue weighted by Gasteiger charge is 2.20. The minimum absolute atomic E-state index is 0.872. The standard InChI is InChI=1S/C14H30N4/c1-15-12-14-4-3-5-18(13-14)11-10-17-8-6-16(2)7-9-17/h14-15H,3-13H2,1-2H3. The molecule has 4 nitrogen and oxygen atoms in total. The van der Waals surface area contributed by atoms with E-state index in [-0.39, 0.29) is 0 Å². The largest absolute Gasteiger partial charge is 0.319 e. The first kappa shape index (κ1) is 14.3. The van der Waals surface area contributed by atoms with Gasteiger partial charge in [-0.25, -0.2) is 0 Å². The number of nitrogens with one attached hydrogen (secondary N) is 1. The molecule has 0 radical (unpaired) electrons. The SMILES string of the molecule is CNCC1CCCN(CCN2CCN(C)CC2)C1. The second kappa shape index (κ2) is 7.43. The molecule has 2 saturated heterocycles. The Hall–Kier alpha value is -0.160. The lowest BCUT2D eigenvalue weighted by atomic mass is 9.98. The molecule has 1 N–H and O–H groups in total. The molecule has 2 aliphatic rings. The maximum absolute atomic E-state index is 3.33. The Morgan fingerprint density at radius 2 is 1.72 bits per heavy atom. The molecule has 0 spiro atoms.